The Bertz CT molecular complexity index is 1460. The molecule has 5 rings (SSSR count). The fourth-order valence-corrected chi connectivity index (χ4v) is 4.27. The number of anilines is 3. The minimum Gasteiger partial charge on any atom is -0.493 e. The summed E-state index contributed by atoms with van der Waals surface area (Å²) in [6.07, 6.45) is 3.50. The molecule has 1 fully saturated rings. The molecule has 0 saturated carbocycles. The third-order valence-electron chi connectivity index (χ3n) is 6.48. The van der Waals surface area contributed by atoms with Gasteiger partial charge in [-0.15, -0.1) is 0 Å². The number of hydrogen-bond donors (Lipinski definition) is 1. The number of hydrogen-bond acceptors (Lipinski definition) is 10. The van der Waals surface area contributed by atoms with Crippen LogP contribution in [0.15, 0.2) is 54.9 Å². The lowest BCUT2D eigenvalue weighted by atomic mass is 10.1. The number of nitrogens with zero attached hydrogens (tertiary/aromatic N) is 6. The van der Waals surface area contributed by atoms with Crippen molar-refractivity contribution < 1.29 is 14.2 Å². The van der Waals surface area contributed by atoms with Crippen molar-refractivity contribution >= 4 is 28.2 Å². The van der Waals surface area contributed by atoms with Crippen LogP contribution in [0.5, 0.6) is 17.4 Å². The predicted octanol–water partition coefficient (Wildman–Crippen LogP) is 3.99. The van der Waals surface area contributed by atoms with Crippen LogP contribution in [0.1, 0.15) is 11.1 Å². The molecule has 2 aromatic carbocycles. The quantitative estimate of drug-likeness (QED) is 0.373. The first-order chi connectivity index (χ1) is 18.6. The first-order valence-electron chi connectivity index (χ1n) is 12.3. The highest BCUT2D eigenvalue weighted by molar-refractivity contribution is 5.89. The van der Waals surface area contributed by atoms with Crippen LogP contribution in [-0.4, -0.2) is 67.3 Å². The molecule has 1 aliphatic rings. The van der Waals surface area contributed by atoms with Crippen LogP contribution in [0, 0.1) is 11.3 Å². The first-order valence-corrected chi connectivity index (χ1v) is 12.3. The van der Waals surface area contributed by atoms with Gasteiger partial charge < -0.3 is 29.3 Å². The highest BCUT2D eigenvalue weighted by Gasteiger charge is 2.18. The van der Waals surface area contributed by atoms with Crippen molar-refractivity contribution in [2.75, 3.05) is 57.7 Å². The number of nitrogens with one attached hydrogen (secondary N) is 1. The Morgan fingerprint density at radius 1 is 0.947 bits per heavy atom. The molecule has 1 N–H and O–H groups in total. The highest BCUT2D eigenvalue weighted by Crippen LogP contribution is 2.34. The molecule has 10 heteroatoms. The second-order valence-corrected chi connectivity index (χ2v) is 8.97. The summed E-state index contributed by atoms with van der Waals surface area (Å²) in [4.78, 5) is 18.1. The van der Waals surface area contributed by atoms with E-state index < -0.39 is 0 Å². The molecule has 1 aliphatic heterocycles. The van der Waals surface area contributed by atoms with Crippen molar-refractivity contribution in [1.82, 2.24) is 19.9 Å². The predicted molar refractivity (Wildman–Crippen MR) is 145 cm³/mol. The van der Waals surface area contributed by atoms with Crippen LogP contribution in [-0.2, 0) is 6.61 Å². The van der Waals surface area contributed by atoms with Crippen molar-refractivity contribution in [2.45, 2.75) is 6.61 Å². The molecule has 1 saturated heterocycles. The van der Waals surface area contributed by atoms with Gasteiger partial charge in [0.25, 0.3) is 0 Å². The van der Waals surface area contributed by atoms with Gasteiger partial charge in [-0.25, -0.2) is 9.97 Å². The molecule has 0 unspecified atom stereocenters. The summed E-state index contributed by atoms with van der Waals surface area (Å²) in [5.41, 5.74) is 4.00. The Balaban J connectivity index is 1.36. The van der Waals surface area contributed by atoms with Gasteiger partial charge in [0.1, 0.15) is 29.6 Å². The standard InChI is InChI=1S/C28H29N7O3/c1-34-10-12-35(13-11-34)26-17-30-23-7-6-22(21(15-29)28(23)33-26)32-20-5-8-24(25(14-20)36-2)38-18-19-4-9-27(37-3)31-16-19/h4-9,14,16-17,32H,10-13,18H2,1-3H3. The lowest BCUT2D eigenvalue weighted by Crippen LogP contribution is -2.44. The summed E-state index contributed by atoms with van der Waals surface area (Å²) in [6.45, 7) is 4.01. The molecule has 0 spiro atoms. The number of benzene rings is 2. The van der Waals surface area contributed by atoms with Gasteiger partial charge in [-0.2, -0.15) is 5.26 Å². The van der Waals surface area contributed by atoms with Gasteiger partial charge in [0.15, 0.2) is 11.5 Å². The van der Waals surface area contributed by atoms with Gasteiger partial charge in [-0.3, -0.25) is 4.98 Å². The molecule has 0 atom stereocenters. The van der Waals surface area contributed by atoms with E-state index in [-0.39, 0.29) is 0 Å². The van der Waals surface area contributed by atoms with E-state index in [9.17, 15) is 5.26 Å². The van der Waals surface area contributed by atoms with Gasteiger partial charge in [0.05, 0.1) is 31.6 Å². The summed E-state index contributed by atoms with van der Waals surface area (Å²) in [5.74, 6) is 2.49. The van der Waals surface area contributed by atoms with E-state index in [0.717, 1.165) is 43.2 Å². The smallest absolute Gasteiger partial charge is 0.212 e. The van der Waals surface area contributed by atoms with Crippen LogP contribution in [0.4, 0.5) is 17.2 Å². The van der Waals surface area contributed by atoms with E-state index in [4.69, 9.17) is 19.2 Å². The van der Waals surface area contributed by atoms with Crippen molar-refractivity contribution in [3.63, 3.8) is 0 Å². The van der Waals surface area contributed by atoms with Crippen molar-refractivity contribution in [2.24, 2.45) is 0 Å². The zero-order valence-electron chi connectivity index (χ0n) is 21.6. The summed E-state index contributed by atoms with van der Waals surface area (Å²) in [7, 11) is 5.28. The number of aromatic nitrogens is 3. The minimum atomic E-state index is 0.331. The van der Waals surface area contributed by atoms with Gasteiger partial charge in [0.2, 0.25) is 5.88 Å². The third kappa shape index (κ3) is 5.38. The maximum absolute atomic E-state index is 10.1. The number of methoxy groups -OCH3 is 2. The van der Waals surface area contributed by atoms with E-state index >= 15 is 0 Å². The molecular weight excluding hydrogens is 482 g/mol. The average Bonchev–Trinajstić information content (AvgIpc) is 2.96. The molecule has 3 heterocycles. The summed E-state index contributed by atoms with van der Waals surface area (Å²) >= 11 is 0. The van der Waals surface area contributed by atoms with Gasteiger partial charge in [-0.05, 0) is 37.4 Å². The summed E-state index contributed by atoms with van der Waals surface area (Å²) in [6, 6.07) is 15.3. The highest BCUT2D eigenvalue weighted by atomic mass is 16.5. The van der Waals surface area contributed by atoms with Gasteiger partial charge in [-0.1, -0.05) is 0 Å². The fourth-order valence-electron chi connectivity index (χ4n) is 4.27. The topological polar surface area (TPSA) is 109 Å². The molecule has 10 nitrogen and oxygen atoms in total. The number of fused-ring (bicyclic) bond motifs is 1. The van der Waals surface area contributed by atoms with Crippen LogP contribution in [0.3, 0.4) is 0 Å². The van der Waals surface area contributed by atoms with E-state index in [2.05, 4.69) is 38.2 Å². The van der Waals surface area contributed by atoms with E-state index in [1.165, 1.54) is 0 Å². The fraction of sp³-hybridized carbons (Fsp3) is 0.286. The Kier molecular flexibility index (Phi) is 7.38. The number of likely N-dealkylation sites (N-methyl/N-ethyl adjacent to an activating group) is 1. The zero-order chi connectivity index (χ0) is 26.5. The monoisotopic (exact) mass is 511 g/mol. The Labute approximate surface area is 221 Å². The summed E-state index contributed by atoms with van der Waals surface area (Å²) < 4.78 is 16.6. The van der Waals surface area contributed by atoms with Gasteiger partial charge in [0, 0.05) is 55.8 Å². The van der Waals surface area contributed by atoms with E-state index in [1.54, 1.807) is 32.7 Å². The SMILES string of the molecule is COc1ccc(COc2ccc(Nc3ccc4ncc(N5CCN(C)CC5)nc4c3C#N)cc2OC)cn1. The molecule has 0 aliphatic carbocycles. The van der Waals surface area contributed by atoms with E-state index in [1.807, 2.05) is 36.4 Å². The van der Waals surface area contributed by atoms with Crippen molar-refractivity contribution in [3.05, 3.63) is 66.0 Å². The number of rotatable bonds is 8. The molecule has 0 bridgehead atoms. The lowest BCUT2D eigenvalue weighted by molar-refractivity contribution is 0.284. The van der Waals surface area contributed by atoms with Crippen LogP contribution < -0.4 is 24.4 Å². The van der Waals surface area contributed by atoms with Crippen LogP contribution in [0.25, 0.3) is 11.0 Å². The summed E-state index contributed by atoms with van der Waals surface area (Å²) in [5, 5.41) is 13.4. The van der Waals surface area contributed by atoms with Crippen molar-refractivity contribution in [3.8, 4) is 23.4 Å². The second-order valence-electron chi connectivity index (χ2n) is 8.97. The van der Waals surface area contributed by atoms with Crippen LogP contribution in [0.2, 0.25) is 0 Å². The number of pyridine rings is 1. The third-order valence-corrected chi connectivity index (χ3v) is 6.48. The molecule has 194 valence electrons. The molecule has 38 heavy (non-hydrogen) atoms. The average molecular weight is 512 g/mol. The normalized spacial score (nSPS) is 13.7. The maximum Gasteiger partial charge on any atom is 0.212 e. The molecule has 2 aromatic heterocycles. The number of nitriles is 1. The minimum absolute atomic E-state index is 0.331. The maximum atomic E-state index is 10.1. The second kappa shape index (κ2) is 11.2. The first kappa shape index (κ1) is 25.0. The lowest BCUT2D eigenvalue weighted by Gasteiger charge is -2.33. The molecular formula is C28H29N7O3. The Hall–Kier alpha value is -4.62. The molecule has 0 amide bonds. The Morgan fingerprint density at radius 3 is 2.50 bits per heavy atom. The van der Waals surface area contributed by atoms with Crippen LogP contribution >= 0.6 is 0 Å². The molecule has 4 aromatic rings. The number of piperazine rings is 1. The molecule has 0 radical (unpaired) electrons. The van der Waals surface area contributed by atoms with Gasteiger partial charge >= 0.3 is 0 Å². The zero-order valence-corrected chi connectivity index (χ0v) is 21.6. The largest absolute Gasteiger partial charge is 0.493 e. The number of ether oxygens (including phenoxy) is 3. The van der Waals surface area contributed by atoms with E-state index in [0.29, 0.717) is 46.3 Å². The Morgan fingerprint density at radius 2 is 1.79 bits per heavy atom. The van der Waals surface area contributed by atoms with Crippen molar-refractivity contribution in [1.29, 1.82) is 5.26 Å².